The third-order valence-corrected chi connectivity index (χ3v) is 4.18. The van der Waals surface area contributed by atoms with Crippen LogP contribution in [0.15, 0.2) is 22.7 Å². The van der Waals surface area contributed by atoms with Crippen molar-refractivity contribution in [2.75, 3.05) is 33.8 Å². The number of halogens is 1. The summed E-state index contributed by atoms with van der Waals surface area (Å²) >= 11 is 0. The van der Waals surface area contributed by atoms with Gasteiger partial charge in [0.15, 0.2) is 17.4 Å². The van der Waals surface area contributed by atoms with Gasteiger partial charge in [0.2, 0.25) is 5.89 Å². The highest BCUT2D eigenvalue weighted by Crippen LogP contribution is 2.25. The number of benzene rings is 1. The van der Waals surface area contributed by atoms with Gasteiger partial charge in [-0.1, -0.05) is 11.2 Å². The lowest BCUT2D eigenvalue weighted by Crippen LogP contribution is -2.46. The average molecular weight is 320 g/mol. The van der Waals surface area contributed by atoms with Crippen LogP contribution in [0.3, 0.4) is 0 Å². The van der Waals surface area contributed by atoms with Crippen molar-refractivity contribution < 1.29 is 13.7 Å². The minimum absolute atomic E-state index is 0.0630. The van der Waals surface area contributed by atoms with E-state index in [0.717, 1.165) is 25.2 Å². The quantitative estimate of drug-likeness (QED) is 0.859. The molecule has 2 aromatic rings. The van der Waals surface area contributed by atoms with E-state index >= 15 is 0 Å². The molecule has 0 amide bonds. The number of rotatable bonds is 4. The second-order valence-corrected chi connectivity index (χ2v) is 5.88. The van der Waals surface area contributed by atoms with Gasteiger partial charge in [-0.25, -0.2) is 4.39 Å². The Morgan fingerprint density at radius 1 is 1.39 bits per heavy atom. The van der Waals surface area contributed by atoms with Crippen LogP contribution in [0.25, 0.3) is 0 Å². The van der Waals surface area contributed by atoms with E-state index in [1.807, 2.05) is 13.0 Å². The van der Waals surface area contributed by atoms with E-state index in [0.29, 0.717) is 18.3 Å². The molecule has 0 bridgehead atoms. The molecule has 1 aromatic heterocycles. The SMILES string of the molecule is COc1ccc(CN2CCN(C)[C@H](c3nc(C)no3)C2)cc1F. The van der Waals surface area contributed by atoms with E-state index in [9.17, 15) is 4.39 Å². The highest BCUT2D eigenvalue weighted by atomic mass is 19.1. The van der Waals surface area contributed by atoms with Crippen LogP contribution in [-0.4, -0.2) is 53.7 Å². The van der Waals surface area contributed by atoms with Gasteiger partial charge >= 0.3 is 0 Å². The smallest absolute Gasteiger partial charge is 0.245 e. The van der Waals surface area contributed by atoms with Crippen LogP contribution in [0, 0.1) is 12.7 Å². The molecule has 7 heteroatoms. The number of aromatic nitrogens is 2. The number of nitrogens with zero attached hydrogens (tertiary/aromatic N) is 4. The van der Waals surface area contributed by atoms with Gasteiger partial charge in [0.05, 0.1) is 7.11 Å². The van der Waals surface area contributed by atoms with Crippen molar-refractivity contribution in [3.05, 3.63) is 41.3 Å². The van der Waals surface area contributed by atoms with Gasteiger partial charge in [-0.15, -0.1) is 0 Å². The maximum Gasteiger partial charge on any atom is 0.245 e. The third-order valence-electron chi connectivity index (χ3n) is 4.18. The molecule has 0 radical (unpaired) electrons. The summed E-state index contributed by atoms with van der Waals surface area (Å²) in [4.78, 5) is 8.82. The van der Waals surface area contributed by atoms with E-state index in [1.165, 1.54) is 13.2 Å². The molecule has 2 heterocycles. The van der Waals surface area contributed by atoms with Crippen molar-refractivity contribution in [3.8, 4) is 5.75 Å². The van der Waals surface area contributed by atoms with Gasteiger partial charge in [0.1, 0.15) is 6.04 Å². The molecule has 3 rings (SSSR count). The molecule has 1 aromatic carbocycles. The van der Waals surface area contributed by atoms with Gasteiger partial charge < -0.3 is 9.26 Å². The molecular formula is C16H21FN4O2. The molecular weight excluding hydrogens is 299 g/mol. The number of hydrogen-bond acceptors (Lipinski definition) is 6. The topological polar surface area (TPSA) is 54.6 Å². The monoisotopic (exact) mass is 320 g/mol. The first-order valence-corrected chi connectivity index (χ1v) is 7.62. The summed E-state index contributed by atoms with van der Waals surface area (Å²) in [5.74, 6) is 1.22. The average Bonchev–Trinajstić information content (AvgIpc) is 2.96. The predicted octanol–water partition coefficient (Wildman–Crippen LogP) is 2.01. The standard InChI is InChI=1S/C16H21FN4O2/c1-11-18-16(23-19-11)14-10-21(7-6-20(14)2)9-12-4-5-15(22-3)13(17)8-12/h4-5,8,14H,6-7,9-10H2,1-3H3/t14-/m0/s1. The second kappa shape index (κ2) is 6.64. The lowest BCUT2D eigenvalue weighted by atomic mass is 10.1. The first-order chi connectivity index (χ1) is 11.1. The summed E-state index contributed by atoms with van der Waals surface area (Å²) in [6.07, 6.45) is 0. The van der Waals surface area contributed by atoms with Gasteiger partial charge in [0.25, 0.3) is 0 Å². The van der Waals surface area contributed by atoms with E-state index in [2.05, 4.69) is 27.0 Å². The van der Waals surface area contributed by atoms with Crippen molar-refractivity contribution in [2.24, 2.45) is 0 Å². The summed E-state index contributed by atoms with van der Waals surface area (Å²) in [6.45, 7) is 5.07. The largest absolute Gasteiger partial charge is 0.494 e. The number of aryl methyl sites for hydroxylation is 1. The van der Waals surface area contributed by atoms with E-state index in [1.54, 1.807) is 6.07 Å². The van der Waals surface area contributed by atoms with Crippen molar-refractivity contribution in [2.45, 2.75) is 19.5 Å². The number of methoxy groups -OCH3 is 1. The van der Waals surface area contributed by atoms with Crippen LogP contribution in [0.2, 0.25) is 0 Å². The molecule has 0 saturated carbocycles. The number of hydrogen-bond donors (Lipinski definition) is 0. The molecule has 6 nitrogen and oxygen atoms in total. The molecule has 0 N–H and O–H groups in total. The lowest BCUT2D eigenvalue weighted by Gasteiger charge is -2.37. The summed E-state index contributed by atoms with van der Waals surface area (Å²) in [6, 6.07) is 5.15. The van der Waals surface area contributed by atoms with Gasteiger partial charge in [-0.3, -0.25) is 9.80 Å². The maximum atomic E-state index is 13.8. The highest BCUT2D eigenvalue weighted by molar-refractivity contribution is 5.29. The van der Waals surface area contributed by atoms with Gasteiger partial charge in [0, 0.05) is 26.2 Å². The predicted molar refractivity (Wildman–Crippen MR) is 82.6 cm³/mol. The molecule has 1 aliphatic rings. The first kappa shape index (κ1) is 15.9. The van der Waals surface area contributed by atoms with E-state index in [-0.39, 0.29) is 17.6 Å². The van der Waals surface area contributed by atoms with Crippen LogP contribution in [0.4, 0.5) is 4.39 Å². The van der Waals surface area contributed by atoms with Crippen molar-refractivity contribution in [3.63, 3.8) is 0 Å². The zero-order valence-corrected chi connectivity index (χ0v) is 13.6. The molecule has 1 atom stereocenters. The fraction of sp³-hybridized carbons (Fsp3) is 0.500. The first-order valence-electron chi connectivity index (χ1n) is 7.62. The van der Waals surface area contributed by atoms with Crippen molar-refractivity contribution >= 4 is 0 Å². The van der Waals surface area contributed by atoms with Crippen LogP contribution < -0.4 is 4.74 Å². The summed E-state index contributed by atoms with van der Waals surface area (Å²) in [7, 11) is 3.52. The molecule has 124 valence electrons. The van der Waals surface area contributed by atoms with Crippen LogP contribution in [-0.2, 0) is 6.54 Å². The van der Waals surface area contributed by atoms with Gasteiger partial charge in [-0.05, 0) is 31.7 Å². The van der Waals surface area contributed by atoms with Crippen molar-refractivity contribution in [1.29, 1.82) is 0 Å². The molecule has 0 unspecified atom stereocenters. The summed E-state index contributed by atoms with van der Waals surface area (Å²) in [5, 5.41) is 3.87. The Labute approximate surface area is 134 Å². The lowest BCUT2D eigenvalue weighted by molar-refractivity contribution is 0.0714. The number of likely N-dealkylation sites (N-methyl/N-ethyl adjacent to an activating group) is 1. The zero-order valence-electron chi connectivity index (χ0n) is 13.6. The highest BCUT2D eigenvalue weighted by Gasteiger charge is 2.29. The number of piperazine rings is 1. The van der Waals surface area contributed by atoms with Crippen LogP contribution >= 0.6 is 0 Å². The Morgan fingerprint density at radius 3 is 2.87 bits per heavy atom. The van der Waals surface area contributed by atoms with E-state index in [4.69, 9.17) is 9.26 Å². The Kier molecular flexibility index (Phi) is 4.58. The Morgan fingerprint density at radius 2 is 2.22 bits per heavy atom. The molecule has 0 spiro atoms. The summed E-state index contributed by atoms with van der Waals surface area (Å²) in [5.41, 5.74) is 0.924. The Bertz CT molecular complexity index is 676. The Hall–Kier alpha value is -1.99. The normalized spacial score (nSPS) is 19.9. The molecule has 1 fully saturated rings. The molecule has 23 heavy (non-hydrogen) atoms. The molecule has 0 aliphatic carbocycles. The maximum absolute atomic E-state index is 13.8. The Balaban J connectivity index is 1.70. The molecule has 1 saturated heterocycles. The fourth-order valence-electron chi connectivity index (χ4n) is 2.86. The third kappa shape index (κ3) is 3.51. The molecule has 1 aliphatic heterocycles. The number of ether oxygens (including phenoxy) is 1. The van der Waals surface area contributed by atoms with Gasteiger partial charge in [-0.2, -0.15) is 4.98 Å². The van der Waals surface area contributed by atoms with Crippen LogP contribution in [0.1, 0.15) is 23.3 Å². The fourth-order valence-corrected chi connectivity index (χ4v) is 2.86. The van der Waals surface area contributed by atoms with Crippen LogP contribution in [0.5, 0.6) is 5.75 Å². The van der Waals surface area contributed by atoms with Crippen molar-refractivity contribution in [1.82, 2.24) is 19.9 Å². The second-order valence-electron chi connectivity index (χ2n) is 5.88. The minimum Gasteiger partial charge on any atom is -0.494 e. The zero-order chi connectivity index (χ0) is 16.4. The minimum atomic E-state index is -0.330. The van der Waals surface area contributed by atoms with E-state index < -0.39 is 0 Å². The summed E-state index contributed by atoms with van der Waals surface area (Å²) < 4.78 is 24.1.